The fourth-order valence-corrected chi connectivity index (χ4v) is 3.31. The predicted molar refractivity (Wildman–Crippen MR) is 95.6 cm³/mol. The molecule has 0 radical (unpaired) electrons. The van der Waals surface area contributed by atoms with Gasteiger partial charge >= 0.3 is 0 Å². The summed E-state index contributed by atoms with van der Waals surface area (Å²) in [6, 6.07) is 7.53. The Bertz CT molecular complexity index is 751. The Morgan fingerprint density at radius 2 is 2.00 bits per heavy atom. The highest BCUT2D eigenvalue weighted by Gasteiger charge is 2.36. The van der Waals surface area contributed by atoms with Gasteiger partial charge in [0.1, 0.15) is 0 Å². The fraction of sp³-hybridized carbons (Fsp3) is 0.444. The molecule has 2 heterocycles. The van der Waals surface area contributed by atoms with Gasteiger partial charge in [-0.05, 0) is 43.0 Å². The van der Waals surface area contributed by atoms with Gasteiger partial charge in [-0.2, -0.15) is 5.10 Å². The number of carbonyl (C=O) groups is 1. The number of aromatic nitrogens is 2. The molecule has 2 N–H and O–H groups in total. The van der Waals surface area contributed by atoms with Crippen LogP contribution < -0.4 is 5.73 Å². The number of halogens is 1. The molecule has 3 rings (SSSR count). The summed E-state index contributed by atoms with van der Waals surface area (Å²) in [5.74, 6) is 0.0210. The molecule has 0 aliphatic carbocycles. The van der Waals surface area contributed by atoms with Crippen molar-refractivity contribution in [3.8, 4) is 5.69 Å². The highest BCUT2D eigenvalue weighted by Crippen LogP contribution is 2.29. The van der Waals surface area contributed by atoms with E-state index in [1.54, 1.807) is 10.9 Å². The van der Waals surface area contributed by atoms with E-state index in [2.05, 4.69) is 18.9 Å². The SMILES string of the molecule is Cc1c(C(=O)N2CCC(N)C(C)(C)C2)cnn1-c1ccc(Cl)cc1. The molecule has 1 aliphatic heterocycles. The first kappa shape index (κ1) is 17.0. The van der Waals surface area contributed by atoms with Crippen molar-refractivity contribution in [1.29, 1.82) is 0 Å². The van der Waals surface area contributed by atoms with Crippen LogP contribution >= 0.6 is 11.6 Å². The monoisotopic (exact) mass is 346 g/mol. The lowest BCUT2D eigenvalue weighted by atomic mass is 9.79. The molecule has 1 aromatic carbocycles. The number of amides is 1. The van der Waals surface area contributed by atoms with Crippen LogP contribution in [0, 0.1) is 12.3 Å². The van der Waals surface area contributed by atoms with E-state index in [1.165, 1.54) is 0 Å². The minimum Gasteiger partial charge on any atom is -0.338 e. The van der Waals surface area contributed by atoms with E-state index in [0.29, 0.717) is 23.7 Å². The highest BCUT2D eigenvalue weighted by atomic mass is 35.5. The minimum absolute atomic E-state index is 0.0210. The smallest absolute Gasteiger partial charge is 0.257 e. The minimum atomic E-state index is -0.0754. The van der Waals surface area contributed by atoms with Crippen LogP contribution in [-0.2, 0) is 0 Å². The Hall–Kier alpha value is -1.85. The first-order valence-corrected chi connectivity index (χ1v) is 8.53. The summed E-state index contributed by atoms with van der Waals surface area (Å²) >= 11 is 5.93. The molecule has 1 amide bonds. The van der Waals surface area contributed by atoms with Gasteiger partial charge in [0.25, 0.3) is 5.91 Å². The number of likely N-dealkylation sites (tertiary alicyclic amines) is 1. The lowest BCUT2D eigenvalue weighted by Gasteiger charge is -2.42. The van der Waals surface area contributed by atoms with Gasteiger partial charge in [0.05, 0.1) is 23.1 Å². The van der Waals surface area contributed by atoms with Crippen molar-refractivity contribution in [3.05, 3.63) is 46.7 Å². The Labute approximate surface area is 147 Å². The summed E-state index contributed by atoms with van der Waals surface area (Å²) in [6.07, 6.45) is 2.47. The number of nitrogens with zero attached hydrogens (tertiary/aromatic N) is 3. The van der Waals surface area contributed by atoms with Crippen LogP contribution in [0.5, 0.6) is 0 Å². The molecule has 24 heavy (non-hydrogen) atoms. The van der Waals surface area contributed by atoms with Crippen LogP contribution in [0.3, 0.4) is 0 Å². The number of hydrogen-bond acceptors (Lipinski definition) is 3. The third-order valence-electron chi connectivity index (χ3n) is 4.91. The zero-order valence-corrected chi connectivity index (χ0v) is 15.0. The topological polar surface area (TPSA) is 64.2 Å². The van der Waals surface area contributed by atoms with E-state index in [1.807, 2.05) is 36.1 Å². The molecule has 1 fully saturated rings. The lowest BCUT2D eigenvalue weighted by Crippen LogP contribution is -2.54. The molecule has 1 aromatic heterocycles. The first-order chi connectivity index (χ1) is 11.3. The van der Waals surface area contributed by atoms with Crippen molar-refractivity contribution >= 4 is 17.5 Å². The summed E-state index contributed by atoms with van der Waals surface area (Å²) in [6.45, 7) is 7.49. The molecule has 1 saturated heterocycles. The van der Waals surface area contributed by atoms with Gasteiger partial charge in [-0.1, -0.05) is 25.4 Å². The Morgan fingerprint density at radius 3 is 2.62 bits per heavy atom. The Morgan fingerprint density at radius 1 is 1.33 bits per heavy atom. The number of nitrogens with two attached hydrogens (primary N) is 1. The molecule has 1 unspecified atom stereocenters. The van der Waals surface area contributed by atoms with Crippen LogP contribution in [0.1, 0.15) is 36.3 Å². The third kappa shape index (κ3) is 3.06. The van der Waals surface area contributed by atoms with Gasteiger partial charge < -0.3 is 10.6 Å². The van der Waals surface area contributed by atoms with Crippen LogP contribution in [0.2, 0.25) is 5.02 Å². The number of piperidine rings is 1. The number of carbonyl (C=O) groups excluding carboxylic acids is 1. The van der Waals surface area contributed by atoms with Crippen molar-refractivity contribution in [2.45, 2.75) is 33.2 Å². The second-order valence-corrected chi connectivity index (χ2v) is 7.58. The third-order valence-corrected chi connectivity index (χ3v) is 5.16. The average Bonchev–Trinajstić information content (AvgIpc) is 2.92. The normalized spacial score (nSPS) is 20.2. The van der Waals surface area contributed by atoms with Crippen molar-refractivity contribution in [1.82, 2.24) is 14.7 Å². The van der Waals surface area contributed by atoms with Crippen LogP contribution in [0.25, 0.3) is 5.69 Å². The van der Waals surface area contributed by atoms with Gasteiger partial charge in [-0.15, -0.1) is 0 Å². The summed E-state index contributed by atoms with van der Waals surface area (Å²) in [4.78, 5) is 14.8. The van der Waals surface area contributed by atoms with Crippen molar-refractivity contribution < 1.29 is 4.79 Å². The Kier molecular flexibility index (Phi) is 4.40. The molecule has 0 spiro atoms. The van der Waals surface area contributed by atoms with Gasteiger partial charge in [-0.3, -0.25) is 4.79 Å². The second kappa shape index (κ2) is 6.22. The van der Waals surface area contributed by atoms with E-state index in [0.717, 1.165) is 17.8 Å². The Balaban J connectivity index is 1.85. The maximum atomic E-state index is 12.9. The molecule has 5 nitrogen and oxygen atoms in total. The van der Waals surface area contributed by atoms with Crippen LogP contribution in [0.4, 0.5) is 0 Å². The van der Waals surface area contributed by atoms with Gasteiger partial charge in [0, 0.05) is 24.2 Å². The van der Waals surface area contributed by atoms with Gasteiger partial charge in [-0.25, -0.2) is 4.68 Å². The molecule has 1 aliphatic rings. The van der Waals surface area contributed by atoms with E-state index in [4.69, 9.17) is 17.3 Å². The molecular weight excluding hydrogens is 324 g/mol. The van der Waals surface area contributed by atoms with Gasteiger partial charge in [0.2, 0.25) is 0 Å². The lowest BCUT2D eigenvalue weighted by molar-refractivity contribution is 0.0532. The number of benzene rings is 1. The number of rotatable bonds is 2. The first-order valence-electron chi connectivity index (χ1n) is 8.15. The molecule has 1 atom stereocenters. The maximum absolute atomic E-state index is 12.9. The predicted octanol–water partition coefficient (Wildman–Crippen LogP) is 3.03. The van der Waals surface area contributed by atoms with Crippen LogP contribution in [-0.4, -0.2) is 39.7 Å². The quantitative estimate of drug-likeness (QED) is 0.909. The van der Waals surface area contributed by atoms with E-state index in [-0.39, 0.29) is 17.4 Å². The maximum Gasteiger partial charge on any atom is 0.257 e. The van der Waals surface area contributed by atoms with E-state index < -0.39 is 0 Å². The summed E-state index contributed by atoms with van der Waals surface area (Å²) in [5, 5.41) is 5.06. The molecule has 6 heteroatoms. The van der Waals surface area contributed by atoms with Crippen LogP contribution in [0.15, 0.2) is 30.5 Å². The average molecular weight is 347 g/mol. The standard InChI is InChI=1S/C18H23ClN4O/c1-12-15(10-21-23(12)14-6-4-13(19)5-7-14)17(24)22-9-8-16(20)18(2,3)11-22/h4-7,10,16H,8-9,11,20H2,1-3H3. The zero-order chi connectivity index (χ0) is 17.5. The molecule has 2 aromatic rings. The fourth-order valence-electron chi connectivity index (χ4n) is 3.18. The van der Waals surface area contributed by atoms with Crippen molar-refractivity contribution in [2.75, 3.05) is 13.1 Å². The number of hydrogen-bond donors (Lipinski definition) is 1. The molecule has 0 bridgehead atoms. The largest absolute Gasteiger partial charge is 0.338 e. The molecular formula is C18H23ClN4O. The van der Waals surface area contributed by atoms with Gasteiger partial charge in [0.15, 0.2) is 0 Å². The molecule has 0 saturated carbocycles. The summed E-state index contributed by atoms with van der Waals surface area (Å²) in [5.41, 5.74) is 8.45. The highest BCUT2D eigenvalue weighted by molar-refractivity contribution is 6.30. The van der Waals surface area contributed by atoms with Crippen molar-refractivity contribution in [3.63, 3.8) is 0 Å². The zero-order valence-electron chi connectivity index (χ0n) is 14.3. The summed E-state index contributed by atoms with van der Waals surface area (Å²) < 4.78 is 1.77. The molecule has 128 valence electrons. The summed E-state index contributed by atoms with van der Waals surface area (Å²) in [7, 11) is 0. The van der Waals surface area contributed by atoms with E-state index in [9.17, 15) is 4.79 Å². The van der Waals surface area contributed by atoms with Crippen molar-refractivity contribution in [2.24, 2.45) is 11.1 Å². The van der Waals surface area contributed by atoms with E-state index >= 15 is 0 Å². The second-order valence-electron chi connectivity index (χ2n) is 7.14.